The van der Waals surface area contributed by atoms with Crippen LogP contribution in [0.5, 0.6) is 0 Å². The van der Waals surface area contributed by atoms with Crippen molar-refractivity contribution in [2.45, 2.75) is 32.5 Å². The number of halogens is 1. The van der Waals surface area contributed by atoms with Gasteiger partial charge in [0.15, 0.2) is 5.72 Å². The Kier molecular flexibility index (Phi) is 3.58. The molecule has 2 heterocycles. The summed E-state index contributed by atoms with van der Waals surface area (Å²) in [5.74, 6) is 0. The van der Waals surface area contributed by atoms with Gasteiger partial charge in [-0.3, -0.25) is 5.32 Å². The molecule has 2 unspecified atom stereocenters. The molecule has 1 aromatic rings. The monoisotopic (exact) mass is 233 g/mol. The summed E-state index contributed by atoms with van der Waals surface area (Å²) in [4.78, 5) is 2.61. The van der Waals surface area contributed by atoms with Crippen LogP contribution in [0.4, 0.5) is 0 Å². The largest absolute Gasteiger partial charge is 0.354 e. The fourth-order valence-corrected chi connectivity index (χ4v) is 2.61. The third kappa shape index (κ3) is 2.11. The van der Waals surface area contributed by atoms with E-state index >= 15 is 0 Å². The first-order valence-corrected chi connectivity index (χ1v) is 5.40. The molecule has 1 fully saturated rings. The van der Waals surface area contributed by atoms with E-state index in [1.165, 1.54) is 9.75 Å². The van der Waals surface area contributed by atoms with E-state index in [1.54, 1.807) is 11.3 Å². The molecule has 2 rings (SSSR count). The molecule has 0 aliphatic carbocycles. The summed E-state index contributed by atoms with van der Waals surface area (Å²) in [6.45, 7) is 7.16. The van der Waals surface area contributed by atoms with Crippen molar-refractivity contribution in [2.75, 3.05) is 6.61 Å². The SMILES string of the molecule is Cc1ccc(C2(C)NC(C)CO2)s1.Cl. The average molecular weight is 234 g/mol. The van der Waals surface area contributed by atoms with E-state index in [4.69, 9.17) is 4.74 Å². The highest BCUT2D eigenvalue weighted by atomic mass is 35.5. The number of hydrogen-bond donors (Lipinski definition) is 1. The van der Waals surface area contributed by atoms with Crippen LogP contribution in [0.1, 0.15) is 23.6 Å². The molecule has 4 heteroatoms. The number of rotatable bonds is 1. The highest BCUT2D eigenvalue weighted by Crippen LogP contribution is 2.32. The van der Waals surface area contributed by atoms with Gasteiger partial charge in [0.05, 0.1) is 11.5 Å². The summed E-state index contributed by atoms with van der Waals surface area (Å²) < 4.78 is 5.75. The highest BCUT2D eigenvalue weighted by molar-refractivity contribution is 7.12. The van der Waals surface area contributed by atoms with Gasteiger partial charge in [-0.15, -0.1) is 23.7 Å². The second-order valence-electron chi connectivity index (χ2n) is 3.80. The molecule has 80 valence electrons. The minimum Gasteiger partial charge on any atom is -0.354 e. The molecular formula is C10H16ClNOS. The Bertz CT molecular complexity index is 315. The van der Waals surface area contributed by atoms with Gasteiger partial charge >= 0.3 is 0 Å². The first-order chi connectivity index (χ1) is 6.10. The second-order valence-corrected chi connectivity index (χ2v) is 5.09. The van der Waals surface area contributed by atoms with E-state index in [-0.39, 0.29) is 18.1 Å². The minimum atomic E-state index is -0.252. The van der Waals surface area contributed by atoms with Gasteiger partial charge in [0.2, 0.25) is 0 Å². The summed E-state index contributed by atoms with van der Waals surface area (Å²) >= 11 is 1.80. The lowest BCUT2D eigenvalue weighted by atomic mass is 10.2. The maximum absolute atomic E-state index is 5.75. The van der Waals surface area contributed by atoms with Crippen molar-refractivity contribution in [2.24, 2.45) is 0 Å². The van der Waals surface area contributed by atoms with Gasteiger partial charge < -0.3 is 4.74 Å². The van der Waals surface area contributed by atoms with Crippen LogP contribution in [-0.2, 0) is 10.5 Å². The van der Waals surface area contributed by atoms with Crippen molar-refractivity contribution in [1.82, 2.24) is 5.32 Å². The molecule has 1 saturated heterocycles. The molecule has 0 saturated carbocycles. The molecule has 0 bridgehead atoms. The average Bonchev–Trinajstić information content (AvgIpc) is 2.60. The molecule has 2 nitrogen and oxygen atoms in total. The van der Waals surface area contributed by atoms with E-state index in [2.05, 4.69) is 38.2 Å². The van der Waals surface area contributed by atoms with Crippen molar-refractivity contribution in [3.05, 3.63) is 21.9 Å². The van der Waals surface area contributed by atoms with Crippen LogP contribution in [0.25, 0.3) is 0 Å². The quantitative estimate of drug-likeness (QED) is 0.806. The molecule has 0 radical (unpaired) electrons. The van der Waals surface area contributed by atoms with Gasteiger partial charge in [0.25, 0.3) is 0 Å². The Morgan fingerprint density at radius 1 is 1.57 bits per heavy atom. The molecule has 0 spiro atoms. The van der Waals surface area contributed by atoms with Crippen molar-refractivity contribution in [1.29, 1.82) is 0 Å². The zero-order valence-electron chi connectivity index (χ0n) is 8.66. The standard InChI is InChI=1S/C10H15NOS.ClH/c1-7-6-12-10(3,11-7)9-5-4-8(2)13-9;/h4-5,7,11H,6H2,1-3H3;1H. The number of nitrogens with one attached hydrogen (secondary N) is 1. The third-order valence-electron chi connectivity index (χ3n) is 2.35. The van der Waals surface area contributed by atoms with Crippen LogP contribution in [0.3, 0.4) is 0 Å². The predicted molar refractivity (Wildman–Crippen MR) is 62.2 cm³/mol. The lowest BCUT2D eigenvalue weighted by Crippen LogP contribution is -2.36. The molecule has 14 heavy (non-hydrogen) atoms. The molecule has 1 aromatic heterocycles. The lowest BCUT2D eigenvalue weighted by molar-refractivity contribution is 0.00550. The zero-order valence-corrected chi connectivity index (χ0v) is 10.3. The molecule has 0 amide bonds. The first kappa shape index (κ1) is 12.0. The van der Waals surface area contributed by atoms with E-state index in [1.807, 2.05) is 0 Å². The maximum Gasteiger partial charge on any atom is 0.152 e. The normalized spacial score (nSPS) is 31.5. The first-order valence-electron chi connectivity index (χ1n) is 4.59. The van der Waals surface area contributed by atoms with E-state index in [0.29, 0.717) is 6.04 Å². The van der Waals surface area contributed by atoms with Crippen molar-refractivity contribution in [3.63, 3.8) is 0 Å². The number of thiophene rings is 1. The topological polar surface area (TPSA) is 21.3 Å². The van der Waals surface area contributed by atoms with Crippen molar-refractivity contribution in [3.8, 4) is 0 Å². The molecule has 0 aromatic carbocycles. The van der Waals surface area contributed by atoms with Crippen LogP contribution >= 0.6 is 23.7 Å². The Morgan fingerprint density at radius 2 is 2.29 bits per heavy atom. The summed E-state index contributed by atoms with van der Waals surface area (Å²) in [5, 5.41) is 3.45. The Labute approximate surface area is 95.1 Å². The second kappa shape index (κ2) is 4.19. The maximum atomic E-state index is 5.75. The highest BCUT2D eigenvalue weighted by Gasteiger charge is 2.35. The van der Waals surface area contributed by atoms with Crippen molar-refractivity contribution >= 4 is 23.7 Å². The molecule has 1 aliphatic heterocycles. The summed E-state index contributed by atoms with van der Waals surface area (Å²) in [5.41, 5.74) is -0.252. The fourth-order valence-electron chi connectivity index (χ4n) is 1.68. The molecule has 1 N–H and O–H groups in total. The van der Waals surface area contributed by atoms with E-state index < -0.39 is 0 Å². The summed E-state index contributed by atoms with van der Waals surface area (Å²) in [6.07, 6.45) is 0. The van der Waals surface area contributed by atoms with Crippen molar-refractivity contribution < 1.29 is 4.74 Å². The Balaban J connectivity index is 0.000000980. The Morgan fingerprint density at radius 3 is 2.71 bits per heavy atom. The lowest BCUT2D eigenvalue weighted by Gasteiger charge is -2.22. The van der Waals surface area contributed by atoms with Gasteiger partial charge in [-0.1, -0.05) is 0 Å². The van der Waals surface area contributed by atoms with Crippen LogP contribution in [-0.4, -0.2) is 12.6 Å². The number of aryl methyl sites for hydroxylation is 1. The summed E-state index contributed by atoms with van der Waals surface area (Å²) in [6, 6.07) is 4.73. The van der Waals surface area contributed by atoms with E-state index in [0.717, 1.165) is 6.61 Å². The zero-order chi connectivity index (χ0) is 9.47. The van der Waals surface area contributed by atoms with Crippen LogP contribution in [0, 0.1) is 6.92 Å². The third-order valence-corrected chi connectivity index (χ3v) is 3.56. The number of hydrogen-bond acceptors (Lipinski definition) is 3. The van der Waals surface area contributed by atoms with Gasteiger partial charge in [0.1, 0.15) is 0 Å². The molecular weight excluding hydrogens is 218 g/mol. The van der Waals surface area contributed by atoms with Crippen LogP contribution in [0.15, 0.2) is 12.1 Å². The van der Waals surface area contributed by atoms with Gasteiger partial charge in [0, 0.05) is 10.9 Å². The van der Waals surface area contributed by atoms with Crippen LogP contribution < -0.4 is 5.32 Å². The summed E-state index contributed by atoms with van der Waals surface area (Å²) in [7, 11) is 0. The fraction of sp³-hybridized carbons (Fsp3) is 0.600. The number of ether oxygens (including phenoxy) is 1. The minimum absolute atomic E-state index is 0. The van der Waals surface area contributed by atoms with Gasteiger partial charge in [-0.05, 0) is 32.9 Å². The van der Waals surface area contributed by atoms with Gasteiger partial charge in [-0.2, -0.15) is 0 Å². The smallest absolute Gasteiger partial charge is 0.152 e. The van der Waals surface area contributed by atoms with Gasteiger partial charge in [-0.25, -0.2) is 0 Å². The van der Waals surface area contributed by atoms with Crippen LogP contribution in [0.2, 0.25) is 0 Å². The molecule has 2 atom stereocenters. The predicted octanol–water partition coefficient (Wildman–Crippen LogP) is 2.66. The Hall–Kier alpha value is -0.0900. The van der Waals surface area contributed by atoms with E-state index in [9.17, 15) is 0 Å². The molecule has 1 aliphatic rings.